The Morgan fingerprint density at radius 3 is 2.89 bits per heavy atom. The molecule has 0 atom stereocenters. The molecule has 19 heavy (non-hydrogen) atoms. The number of hydrogen-bond donors (Lipinski definition) is 0. The molecular formula is C15H15NO2S. The number of thiophene rings is 1. The topological polar surface area (TPSA) is 39.2 Å². The molecule has 1 aliphatic rings. The summed E-state index contributed by atoms with van der Waals surface area (Å²) in [5, 5.41) is 4.11. The fraction of sp³-hybridized carbons (Fsp3) is 0.333. The van der Waals surface area contributed by atoms with Gasteiger partial charge in [-0.15, -0.1) is 0 Å². The highest BCUT2D eigenvalue weighted by atomic mass is 32.1. The van der Waals surface area contributed by atoms with Crippen molar-refractivity contribution < 1.29 is 9.53 Å². The van der Waals surface area contributed by atoms with Crippen LogP contribution in [-0.4, -0.2) is 17.6 Å². The molecule has 1 fully saturated rings. The molecule has 0 aromatic carbocycles. The van der Waals surface area contributed by atoms with Gasteiger partial charge in [0.15, 0.2) is 0 Å². The summed E-state index contributed by atoms with van der Waals surface area (Å²) >= 11 is 1.65. The summed E-state index contributed by atoms with van der Waals surface area (Å²) in [6.07, 6.45) is 2.24. The van der Waals surface area contributed by atoms with Gasteiger partial charge in [-0.05, 0) is 43.3 Å². The highest BCUT2D eigenvalue weighted by Gasteiger charge is 2.30. The van der Waals surface area contributed by atoms with E-state index in [1.165, 1.54) is 0 Å². The maximum Gasteiger partial charge on any atom is 0.339 e. The molecule has 0 saturated heterocycles. The summed E-state index contributed by atoms with van der Waals surface area (Å²) in [5.41, 5.74) is 3.59. The lowest BCUT2D eigenvalue weighted by Crippen LogP contribution is -2.09. The molecule has 1 saturated carbocycles. The molecule has 2 aromatic heterocycles. The average molecular weight is 273 g/mol. The minimum Gasteiger partial charge on any atom is -0.462 e. The van der Waals surface area contributed by atoms with E-state index in [4.69, 9.17) is 4.74 Å². The molecule has 3 rings (SSSR count). The monoisotopic (exact) mass is 273 g/mol. The number of ether oxygens (including phenoxy) is 1. The van der Waals surface area contributed by atoms with Crippen LogP contribution < -0.4 is 0 Å². The van der Waals surface area contributed by atoms with Gasteiger partial charge in [0.1, 0.15) is 0 Å². The molecule has 0 unspecified atom stereocenters. The lowest BCUT2D eigenvalue weighted by atomic mass is 10.1. The first-order valence-electron chi connectivity index (χ1n) is 6.50. The second-order valence-electron chi connectivity index (χ2n) is 4.64. The van der Waals surface area contributed by atoms with Crippen LogP contribution in [0, 0.1) is 0 Å². The molecule has 2 aromatic rings. The SMILES string of the molecule is CCOC(=O)c1ccc(-c2ccsc2)nc1C1CC1. The summed E-state index contributed by atoms with van der Waals surface area (Å²) in [5.74, 6) is 0.173. The van der Waals surface area contributed by atoms with Crippen LogP contribution in [0.2, 0.25) is 0 Å². The number of esters is 1. The van der Waals surface area contributed by atoms with Crippen molar-refractivity contribution in [2.75, 3.05) is 6.61 Å². The van der Waals surface area contributed by atoms with Crippen LogP contribution in [0.5, 0.6) is 0 Å². The average Bonchev–Trinajstić information content (AvgIpc) is 3.13. The Labute approximate surface area is 116 Å². The summed E-state index contributed by atoms with van der Waals surface area (Å²) in [6.45, 7) is 2.22. The molecule has 0 radical (unpaired) electrons. The Morgan fingerprint density at radius 1 is 1.42 bits per heavy atom. The van der Waals surface area contributed by atoms with E-state index in [9.17, 15) is 4.79 Å². The predicted octanol–water partition coefficient (Wildman–Crippen LogP) is 3.86. The van der Waals surface area contributed by atoms with Crippen molar-refractivity contribution in [3.63, 3.8) is 0 Å². The van der Waals surface area contributed by atoms with E-state index in [2.05, 4.69) is 10.4 Å². The zero-order valence-electron chi connectivity index (χ0n) is 10.8. The van der Waals surface area contributed by atoms with E-state index >= 15 is 0 Å². The number of aromatic nitrogens is 1. The van der Waals surface area contributed by atoms with Gasteiger partial charge in [0.2, 0.25) is 0 Å². The molecule has 98 valence electrons. The Balaban J connectivity index is 2.00. The van der Waals surface area contributed by atoms with Gasteiger partial charge < -0.3 is 4.74 Å². The Bertz CT molecular complexity index is 588. The summed E-state index contributed by atoms with van der Waals surface area (Å²) < 4.78 is 5.10. The smallest absolute Gasteiger partial charge is 0.339 e. The molecule has 0 spiro atoms. The molecule has 0 N–H and O–H groups in total. The third kappa shape index (κ3) is 2.54. The van der Waals surface area contributed by atoms with Gasteiger partial charge in [0.05, 0.1) is 23.6 Å². The van der Waals surface area contributed by atoms with Gasteiger partial charge in [0.25, 0.3) is 0 Å². The van der Waals surface area contributed by atoms with Crippen molar-refractivity contribution >= 4 is 17.3 Å². The predicted molar refractivity (Wildman–Crippen MR) is 75.5 cm³/mol. The normalized spacial score (nSPS) is 14.4. The van der Waals surface area contributed by atoms with E-state index in [-0.39, 0.29) is 5.97 Å². The molecule has 2 heterocycles. The zero-order chi connectivity index (χ0) is 13.2. The number of rotatable bonds is 4. The summed E-state index contributed by atoms with van der Waals surface area (Å²) in [4.78, 5) is 16.6. The van der Waals surface area contributed by atoms with Gasteiger partial charge >= 0.3 is 5.97 Å². The van der Waals surface area contributed by atoms with Crippen molar-refractivity contribution in [2.45, 2.75) is 25.7 Å². The maximum atomic E-state index is 11.9. The number of hydrogen-bond acceptors (Lipinski definition) is 4. The van der Waals surface area contributed by atoms with E-state index in [1.54, 1.807) is 11.3 Å². The summed E-state index contributed by atoms with van der Waals surface area (Å²) in [7, 11) is 0. The largest absolute Gasteiger partial charge is 0.462 e. The lowest BCUT2D eigenvalue weighted by Gasteiger charge is -2.09. The second-order valence-corrected chi connectivity index (χ2v) is 5.42. The number of pyridine rings is 1. The molecular weight excluding hydrogens is 258 g/mol. The second kappa shape index (κ2) is 5.13. The van der Waals surface area contributed by atoms with Crippen LogP contribution in [0.25, 0.3) is 11.3 Å². The van der Waals surface area contributed by atoms with Crippen LogP contribution in [0.1, 0.15) is 41.7 Å². The quantitative estimate of drug-likeness (QED) is 0.794. The van der Waals surface area contributed by atoms with E-state index in [0.29, 0.717) is 18.1 Å². The van der Waals surface area contributed by atoms with Gasteiger partial charge in [-0.2, -0.15) is 11.3 Å². The van der Waals surface area contributed by atoms with E-state index < -0.39 is 0 Å². The first kappa shape index (κ1) is 12.4. The van der Waals surface area contributed by atoms with Crippen LogP contribution in [0.3, 0.4) is 0 Å². The molecule has 0 amide bonds. The molecule has 0 aliphatic heterocycles. The minimum absolute atomic E-state index is 0.256. The zero-order valence-corrected chi connectivity index (χ0v) is 11.6. The maximum absolute atomic E-state index is 11.9. The Morgan fingerprint density at radius 2 is 2.26 bits per heavy atom. The molecule has 4 heteroatoms. The van der Waals surface area contributed by atoms with Crippen LogP contribution in [-0.2, 0) is 4.74 Å². The number of nitrogens with zero attached hydrogens (tertiary/aromatic N) is 1. The first-order chi connectivity index (χ1) is 9.29. The van der Waals surface area contributed by atoms with Gasteiger partial charge in [-0.1, -0.05) is 0 Å². The van der Waals surface area contributed by atoms with Crippen LogP contribution >= 0.6 is 11.3 Å². The van der Waals surface area contributed by atoms with Crippen molar-refractivity contribution in [1.82, 2.24) is 4.98 Å². The third-order valence-electron chi connectivity index (χ3n) is 3.20. The van der Waals surface area contributed by atoms with Crippen molar-refractivity contribution in [1.29, 1.82) is 0 Å². The van der Waals surface area contributed by atoms with Gasteiger partial charge in [0, 0.05) is 16.9 Å². The minimum atomic E-state index is -0.256. The first-order valence-corrected chi connectivity index (χ1v) is 7.44. The highest BCUT2D eigenvalue weighted by molar-refractivity contribution is 7.08. The fourth-order valence-electron chi connectivity index (χ4n) is 2.10. The molecule has 0 bridgehead atoms. The van der Waals surface area contributed by atoms with Crippen molar-refractivity contribution in [2.24, 2.45) is 0 Å². The van der Waals surface area contributed by atoms with Gasteiger partial charge in [-0.25, -0.2) is 4.79 Å². The van der Waals surface area contributed by atoms with Crippen LogP contribution in [0.15, 0.2) is 29.0 Å². The van der Waals surface area contributed by atoms with Gasteiger partial charge in [-0.3, -0.25) is 4.98 Å². The number of carbonyl (C=O) groups excluding carboxylic acids is 1. The Kier molecular flexibility index (Phi) is 3.34. The Hall–Kier alpha value is -1.68. The van der Waals surface area contributed by atoms with Crippen molar-refractivity contribution in [3.8, 4) is 11.3 Å². The standard InChI is InChI=1S/C15H15NO2S/c1-2-18-15(17)12-5-6-13(11-7-8-19-9-11)16-14(12)10-3-4-10/h5-10H,2-4H2,1H3. The summed E-state index contributed by atoms with van der Waals surface area (Å²) in [6, 6.07) is 5.81. The van der Waals surface area contributed by atoms with E-state index in [0.717, 1.165) is 29.8 Å². The van der Waals surface area contributed by atoms with E-state index in [1.807, 2.05) is 30.5 Å². The van der Waals surface area contributed by atoms with Crippen molar-refractivity contribution in [3.05, 3.63) is 40.2 Å². The lowest BCUT2D eigenvalue weighted by molar-refractivity contribution is 0.0524. The molecule has 3 nitrogen and oxygen atoms in total. The van der Waals surface area contributed by atoms with Crippen LogP contribution in [0.4, 0.5) is 0 Å². The highest BCUT2D eigenvalue weighted by Crippen LogP contribution is 2.41. The number of carbonyl (C=O) groups is 1. The third-order valence-corrected chi connectivity index (χ3v) is 3.88. The molecule has 1 aliphatic carbocycles. The fourth-order valence-corrected chi connectivity index (χ4v) is 2.74.